The van der Waals surface area contributed by atoms with Crippen LogP contribution in [0, 0.1) is 5.92 Å². The number of hydrogen-bond donors (Lipinski definition) is 2. The quantitative estimate of drug-likeness (QED) is 0.754. The molecule has 0 aliphatic heterocycles. The molecule has 1 aliphatic rings. The number of rotatable bonds is 4. The lowest BCUT2D eigenvalue weighted by molar-refractivity contribution is 0.0933. The maximum Gasteiger partial charge on any atom is 0.251 e. The van der Waals surface area contributed by atoms with Crippen LogP contribution in [0.4, 0.5) is 0 Å². The molecule has 0 bridgehead atoms. The normalized spacial score (nSPS) is 17.1. The van der Waals surface area contributed by atoms with Crippen LogP contribution in [0.2, 0.25) is 0 Å². The molecule has 1 atom stereocenters. The second-order valence-electron chi connectivity index (χ2n) is 3.89. The van der Waals surface area contributed by atoms with Gasteiger partial charge in [-0.1, -0.05) is 0 Å². The van der Waals surface area contributed by atoms with Gasteiger partial charge in [0.2, 0.25) is 0 Å². The van der Waals surface area contributed by atoms with E-state index in [0.717, 1.165) is 0 Å². The number of amides is 1. The van der Waals surface area contributed by atoms with Gasteiger partial charge in [0.1, 0.15) is 0 Å². The van der Waals surface area contributed by atoms with Crippen molar-refractivity contribution >= 4 is 5.91 Å². The van der Waals surface area contributed by atoms with Gasteiger partial charge in [-0.2, -0.15) is 0 Å². The molecule has 1 saturated carbocycles. The Morgan fingerprint density at radius 3 is 2.73 bits per heavy atom. The number of carbonyl (C=O) groups is 1. The van der Waals surface area contributed by atoms with Gasteiger partial charge in [0.15, 0.2) is 0 Å². The predicted molar refractivity (Wildman–Crippen MR) is 57.3 cm³/mol. The first-order valence-electron chi connectivity index (χ1n) is 5.22. The summed E-state index contributed by atoms with van der Waals surface area (Å²) in [5, 5.41) is 2.95. The van der Waals surface area contributed by atoms with Crippen LogP contribution >= 0.6 is 0 Å². The van der Waals surface area contributed by atoms with Crippen molar-refractivity contribution in [1.82, 2.24) is 10.3 Å². The van der Waals surface area contributed by atoms with Crippen LogP contribution in [0.25, 0.3) is 0 Å². The van der Waals surface area contributed by atoms with Crippen LogP contribution in [-0.2, 0) is 0 Å². The van der Waals surface area contributed by atoms with Gasteiger partial charge in [0, 0.05) is 30.5 Å². The molecule has 1 amide bonds. The van der Waals surface area contributed by atoms with Crippen molar-refractivity contribution < 1.29 is 4.79 Å². The van der Waals surface area contributed by atoms with Gasteiger partial charge >= 0.3 is 0 Å². The predicted octanol–water partition coefficient (Wildman–Crippen LogP) is 0.549. The standard InChI is InChI=1S/C11H15N3O/c12-7-10(8-1-2-8)14-11(15)9-3-5-13-6-4-9/h3-6,8,10H,1-2,7,12H2,(H,14,15). The lowest BCUT2D eigenvalue weighted by atomic mass is 10.1. The van der Waals surface area contributed by atoms with E-state index in [1.165, 1.54) is 12.8 Å². The zero-order valence-corrected chi connectivity index (χ0v) is 8.52. The summed E-state index contributed by atoms with van der Waals surface area (Å²) in [6.45, 7) is 0.515. The third-order valence-electron chi connectivity index (χ3n) is 2.70. The summed E-state index contributed by atoms with van der Waals surface area (Å²) >= 11 is 0. The summed E-state index contributed by atoms with van der Waals surface area (Å²) in [5.41, 5.74) is 6.26. The number of nitrogens with two attached hydrogens (primary N) is 1. The first-order valence-corrected chi connectivity index (χ1v) is 5.22. The van der Waals surface area contributed by atoms with Gasteiger partial charge in [-0.15, -0.1) is 0 Å². The molecular weight excluding hydrogens is 190 g/mol. The highest BCUT2D eigenvalue weighted by atomic mass is 16.1. The smallest absolute Gasteiger partial charge is 0.251 e. The van der Waals surface area contributed by atoms with E-state index in [0.29, 0.717) is 18.0 Å². The second-order valence-corrected chi connectivity index (χ2v) is 3.89. The molecule has 1 unspecified atom stereocenters. The summed E-state index contributed by atoms with van der Waals surface area (Å²) in [4.78, 5) is 15.6. The van der Waals surface area contributed by atoms with Gasteiger partial charge < -0.3 is 11.1 Å². The summed E-state index contributed by atoms with van der Waals surface area (Å²) in [5.74, 6) is 0.528. The van der Waals surface area contributed by atoms with Crippen molar-refractivity contribution in [3.8, 4) is 0 Å². The van der Waals surface area contributed by atoms with Crippen LogP contribution in [-0.4, -0.2) is 23.5 Å². The Labute approximate surface area is 88.9 Å². The van der Waals surface area contributed by atoms with Gasteiger partial charge in [0.05, 0.1) is 0 Å². The first kappa shape index (κ1) is 10.1. The molecule has 0 aromatic carbocycles. The molecular formula is C11H15N3O. The fraction of sp³-hybridized carbons (Fsp3) is 0.455. The van der Waals surface area contributed by atoms with E-state index in [4.69, 9.17) is 5.73 Å². The maximum absolute atomic E-state index is 11.8. The van der Waals surface area contributed by atoms with Crippen LogP contribution < -0.4 is 11.1 Å². The molecule has 4 heteroatoms. The molecule has 0 spiro atoms. The highest BCUT2D eigenvalue weighted by Gasteiger charge is 2.31. The Bertz CT molecular complexity index is 335. The van der Waals surface area contributed by atoms with Crippen molar-refractivity contribution in [3.05, 3.63) is 30.1 Å². The topological polar surface area (TPSA) is 68.0 Å². The number of nitrogens with zero attached hydrogens (tertiary/aromatic N) is 1. The van der Waals surface area contributed by atoms with Gasteiger partial charge in [-0.25, -0.2) is 0 Å². The van der Waals surface area contributed by atoms with E-state index >= 15 is 0 Å². The Morgan fingerprint density at radius 2 is 2.20 bits per heavy atom. The molecule has 0 saturated heterocycles. The third-order valence-corrected chi connectivity index (χ3v) is 2.70. The van der Waals surface area contributed by atoms with Crippen molar-refractivity contribution in [2.24, 2.45) is 11.7 Å². The van der Waals surface area contributed by atoms with E-state index in [1.807, 2.05) is 0 Å². The average Bonchev–Trinajstić information content (AvgIpc) is 3.10. The molecule has 1 aromatic rings. The van der Waals surface area contributed by atoms with Crippen molar-refractivity contribution in [3.63, 3.8) is 0 Å². The first-order chi connectivity index (χ1) is 7.31. The average molecular weight is 205 g/mol. The van der Waals surface area contributed by atoms with Crippen molar-refractivity contribution in [1.29, 1.82) is 0 Å². The molecule has 80 valence electrons. The number of pyridine rings is 1. The summed E-state index contributed by atoms with van der Waals surface area (Å²) < 4.78 is 0. The number of nitrogens with one attached hydrogen (secondary N) is 1. The zero-order chi connectivity index (χ0) is 10.7. The molecule has 1 heterocycles. The lowest BCUT2D eigenvalue weighted by Gasteiger charge is -2.15. The minimum Gasteiger partial charge on any atom is -0.348 e. The Hall–Kier alpha value is -1.42. The minimum atomic E-state index is -0.0558. The molecule has 4 nitrogen and oxygen atoms in total. The van der Waals surface area contributed by atoms with Crippen LogP contribution in [0.1, 0.15) is 23.2 Å². The van der Waals surface area contributed by atoms with Gasteiger partial charge in [-0.3, -0.25) is 9.78 Å². The van der Waals surface area contributed by atoms with E-state index in [2.05, 4.69) is 10.3 Å². The van der Waals surface area contributed by atoms with Crippen LogP contribution in [0.15, 0.2) is 24.5 Å². The minimum absolute atomic E-state index is 0.0558. The monoisotopic (exact) mass is 205 g/mol. The number of carbonyl (C=O) groups excluding carboxylic acids is 1. The van der Waals surface area contributed by atoms with Crippen LogP contribution in [0.5, 0.6) is 0 Å². The van der Waals surface area contributed by atoms with Crippen molar-refractivity contribution in [2.75, 3.05) is 6.54 Å². The van der Waals surface area contributed by atoms with Crippen LogP contribution in [0.3, 0.4) is 0 Å². The van der Waals surface area contributed by atoms with E-state index in [-0.39, 0.29) is 11.9 Å². The summed E-state index contributed by atoms with van der Waals surface area (Å²) in [7, 11) is 0. The molecule has 15 heavy (non-hydrogen) atoms. The molecule has 1 aromatic heterocycles. The van der Waals surface area contributed by atoms with Crippen molar-refractivity contribution in [2.45, 2.75) is 18.9 Å². The zero-order valence-electron chi connectivity index (χ0n) is 8.52. The van der Waals surface area contributed by atoms with E-state index in [1.54, 1.807) is 24.5 Å². The molecule has 2 rings (SSSR count). The fourth-order valence-corrected chi connectivity index (χ4v) is 1.62. The highest BCUT2D eigenvalue weighted by molar-refractivity contribution is 5.94. The highest BCUT2D eigenvalue weighted by Crippen LogP contribution is 2.32. The molecule has 1 fully saturated rings. The second kappa shape index (κ2) is 4.40. The number of aromatic nitrogens is 1. The summed E-state index contributed by atoms with van der Waals surface area (Å²) in [6, 6.07) is 3.54. The molecule has 1 aliphatic carbocycles. The van der Waals surface area contributed by atoms with E-state index < -0.39 is 0 Å². The fourth-order valence-electron chi connectivity index (χ4n) is 1.62. The Balaban J connectivity index is 1.96. The Kier molecular flexibility index (Phi) is 2.97. The maximum atomic E-state index is 11.8. The number of hydrogen-bond acceptors (Lipinski definition) is 3. The lowest BCUT2D eigenvalue weighted by Crippen LogP contribution is -2.41. The summed E-state index contributed by atoms with van der Waals surface area (Å²) in [6.07, 6.45) is 5.59. The largest absolute Gasteiger partial charge is 0.348 e. The van der Waals surface area contributed by atoms with Gasteiger partial charge in [-0.05, 0) is 30.9 Å². The Morgan fingerprint density at radius 1 is 1.53 bits per heavy atom. The van der Waals surface area contributed by atoms with Gasteiger partial charge in [0.25, 0.3) is 5.91 Å². The SMILES string of the molecule is NCC(NC(=O)c1ccncc1)C1CC1. The third kappa shape index (κ3) is 2.53. The molecule has 3 N–H and O–H groups in total. The molecule has 0 radical (unpaired) electrons. The van der Waals surface area contributed by atoms with E-state index in [9.17, 15) is 4.79 Å².